The minimum atomic E-state index is 0.562. The molecule has 1 aliphatic rings. The Kier molecular flexibility index (Phi) is 2.21. The van der Waals surface area contributed by atoms with Gasteiger partial charge in [0, 0.05) is 12.4 Å². The Morgan fingerprint density at radius 3 is 2.92 bits per heavy atom. The highest BCUT2D eigenvalue weighted by Gasteiger charge is 2.06. The fraction of sp³-hybridized carbons (Fsp3) is 0.273. The molecule has 1 aromatic heterocycles. The van der Waals surface area contributed by atoms with Gasteiger partial charge in [-0.3, -0.25) is 9.98 Å². The number of aliphatic imine (C=N–C) groups is 1. The van der Waals surface area contributed by atoms with E-state index in [9.17, 15) is 0 Å². The summed E-state index contributed by atoms with van der Waals surface area (Å²) in [6.45, 7) is 2.16. The van der Waals surface area contributed by atoms with Crippen LogP contribution in [0, 0.1) is 5.92 Å². The van der Waals surface area contributed by atoms with Crippen LogP contribution in [-0.4, -0.2) is 11.2 Å². The molecule has 0 saturated heterocycles. The maximum Gasteiger partial charge on any atom is 0.0882 e. The van der Waals surface area contributed by atoms with Crippen molar-refractivity contribution >= 4 is 11.9 Å². The smallest absolute Gasteiger partial charge is 0.0882 e. The Morgan fingerprint density at radius 2 is 2.31 bits per heavy atom. The van der Waals surface area contributed by atoms with Gasteiger partial charge >= 0.3 is 0 Å². The first kappa shape index (κ1) is 8.17. The molecule has 0 saturated carbocycles. The van der Waals surface area contributed by atoms with Gasteiger partial charge in [0.15, 0.2) is 0 Å². The third-order valence-electron chi connectivity index (χ3n) is 2.08. The molecule has 0 N–H and O–H groups in total. The molecule has 66 valence electrons. The van der Waals surface area contributed by atoms with Crippen LogP contribution in [-0.2, 0) is 0 Å². The van der Waals surface area contributed by atoms with Crippen molar-refractivity contribution in [3.63, 3.8) is 0 Å². The van der Waals surface area contributed by atoms with E-state index in [0.29, 0.717) is 5.92 Å². The SMILES string of the molecule is CC1C=NC(c2ccccn2)=CC1. The maximum atomic E-state index is 4.35. The zero-order valence-electron chi connectivity index (χ0n) is 7.64. The van der Waals surface area contributed by atoms with Crippen molar-refractivity contribution in [2.75, 3.05) is 0 Å². The van der Waals surface area contributed by atoms with E-state index in [4.69, 9.17) is 0 Å². The summed E-state index contributed by atoms with van der Waals surface area (Å²) in [5.74, 6) is 0.562. The quantitative estimate of drug-likeness (QED) is 0.639. The van der Waals surface area contributed by atoms with Gasteiger partial charge in [-0.25, -0.2) is 0 Å². The average Bonchev–Trinajstić information content (AvgIpc) is 2.20. The minimum Gasteiger partial charge on any atom is -0.259 e. The molecule has 1 aromatic rings. The third kappa shape index (κ3) is 1.83. The molecule has 0 bridgehead atoms. The summed E-state index contributed by atoms with van der Waals surface area (Å²) in [6.07, 6.45) is 7.00. The molecule has 2 heteroatoms. The van der Waals surface area contributed by atoms with Crippen molar-refractivity contribution in [3.05, 3.63) is 36.2 Å². The molecule has 0 aliphatic carbocycles. The molecule has 0 spiro atoms. The van der Waals surface area contributed by atoms with Crippen molar-refractivity contribution < 1.29 is 0 Å². The summed E-state index contributed by atoms with van der Waals surface area (Å²) in [5.41, 5.74) is 1.96. The summed E-state index contributed by atoms with van der Waals surface area (Å²) in [4.78, 5) is 8.60. The zero-order valence-corrected chi connectivity index (χ0v) is 7.64. The van der Waals surface area contributed by atoms with E-state index in [1.165, 1.54) is 0 Å². The van der Waals surface area contributed by atoms with Crippen LogP contribution in [0.2, 0.25) is 0 Å². The van der Waals surface area contributed by atoms with Gasteiger partial charge in [0.1, 0.15) is 0 Å². The van der Waals surface area contributed by atoms with Gasteiger partial charge in [0.05, 0.1) is 11.4 Å². The largest absolute Gasteiger partial charge is 0.259 e. The van der Waals surface area contributed by atoms with E-state index >= 15 is 0 Å². The Labute approximate surface area is 78.0 Å². The summed E-state index contributed by atoms with van der Waals surface area (Å²) in [5, 5.41) is 0. The Morgan fingerprint density at radius 1 is 1.38 bits per heavy atom. The lowest BCUT2D eigenvalue weighted by atomic mass is 10.1. The molecule has 0 aromatic carbocycles. The number of hydrogen-bond donors (Lipinski definition) is 0. The number of aromatic nitrogens is 1. The predicted molar refractivity (Wildman–Crippen MR) is 54.5 cm³/mol. The molecule has 13 heavy (non-hydrogen) atoms. The number of rotatable bonds is 1. The highest BCUT2D eigenvalue weighted by molar-refractivity contribution is 5.76. The second kappa shape index (κ2) is 3.52. The molecular weight excluding hydrogens is 160 g/mol. The number of allylic oxidation sites excluding steroid dienone is 1. The predicted octanol–water partition coefficient (Wildman–Crippen LogP) is 2.53. The standard InChI is InChI=1S/C11H12N2/c1-9-5-6-11(13-8-9)10-4-2-3-7-12-10/h2-4,6-9H,5H2,1H3. The monoisotopic (exact) mass is 172 g/mol. The van der Waals surface area contributed by atoms with E-state index in [1.54, 1.807) is 6.20 Å². The number of pyridine rings is 1. The molecule has 1 atom stereocenters. The molecule has 0 fully saturated rings. The van der Waals surface area contributed by atoms with Gasteiger partial charge in [0.25, 0.3) is 0 Å². The van der Waals surface area contributed by atoms with Gasteiger partial charge < -0.3 is 0 Å². The van der Waals surface area contributed by atoms with Gasteiger partial charge in [-0.2, -0.15) is 0 Å². The minimum absolute atomic E-state index is 0.562. The molecule has 2 heterocycles. The molecule has 2 nitrogen and oxygen atoms in total. The molecule has 0 amide bonds. The lowest BCUT2D eigenvalue weighted by molar-refractivity contribution is 0.798. The van der Waals surface area contributed by atoms with Crippen molar-refractivity contribution in [1.82, 2.24) is 4.98 Å². The molecule has 1 unspecified atom stereocenters. The zero-order chi connectivity index (χ0) is 9.10. The lowest BCUT2D eigenvalue weighted by Gasteiger charge is -2.09. The normalized spacial score (nSPS) is 21.3. The van der Waals surface area contributed by atoms with E-state index in [2.05, 4.69) is 23.0 Å². The molecule has 1 aliphatic heterocycles. The van der Waals surface area contributed by atoms with Gasteiger partial charge in [-0.05, 0) is 24.5 Å². The summed E-state index contributed by atoms with van der Waals surface area (Å²) >= 11 is 0. The first-order chi connectivity index (χ1) is 6.36. The van der Waals surface area contributed by atoms with Crippen LogP contribution in [0.5, 0.6) is 0 Å². The Balaban J connectivity index is 2.25. The Hall–Kier alpha value is -1.44. The van der Waals surface area contributed by atoms with Crippen LogP contribution in [0.4, 0.5) is 0 Å². The van der Waals surface area contributed by atoms with Crippen molar-refractivity contribution in [3.8, 4) is 0 Å². The van der Waals surface area contributed by atoms with E-state index < -0.39 is 0 Å². The van der Waals surface area contributed by atoms with E-state index in [-0.39, 0.29) is 0 Å². The Bertz CT molecular complexity index is 338. The fourth-order valence-corrected chi connectivity index (χ4v) is 1.30. The number of nitrogens with zero attached hydrogens (tertiary/aromatic N) is 2. The highest BCUT2D eigenvalue weighted by atomic mass is 14.8. The molecule has 2 rings (SSSR count). The lowest BCUT2D eigenvalue weighted by Crippen LogP contribution is -2.00. The van der Waals surface area contributed by atoms with Crippen LogP contribution < -0.4 is 0 Å². The third-order valence-corrected chi connectivity index (χ3v) is 2.08. The second-order valence-corrected chi connectivity index (χ2v) is 3.30. The molecule has 0 radical (unpaired) electrons. The van der Waals surface area contributed by atoms with Crippen molar-refractivity contribution in [2.24, 2.45) is 10.9 Å². The fourth-order valence-electron chi connectivity index (χ4n) is 1.30. The van der Waals surface area contributed by atoms with Crippen LogP contribution in [0.15, 0.2) is 35.5 Å². The summed E-state index contributed by atoms with van der Waals surface area (Å²) < 4.78 is 0. The van der Waals surface area contributed by atoms with Crippen LogP contribution in [0.1, 0.15) is 19.0 Å². The average molecular weight is 172 g/mol. The van der Waals surface area contributed by atoms with Gasteiger partial charge in [0.2, 0.25) is 0 Å². The van der Waals surface area contributed by atoms with Gasteiger partial charge in [-0.1, -0.05) is 19.1 Å². The van der Waals surface area contributed by atoms with E-state index in [0.717, 1.165) is 17.8 Å². The topological polar surface area (TPSA) is 25.2 Å². The van der Waals surface area contributed by atoms with E-state index in [1.807, 2.05) is 24.4 Å². The van der Waals surface area contributed by atoms with Crippen LogP contribution >= 0.6 is 0 Å². The first-order valence-electron chi connectivity index (χ1n) is 4.52. The van der Waals surface area contributed by atoms with Crippen molar-refractivity contribution in [1.29, 1.82) is 0 Å². The van der Waals surface area contributed by atoms with Crippen LogP contribution in [0.25, 0.3) is 5.70 Å². The highest BCUT2D eigenvalue weighted by Crippen LogP contribution is 2.19. The summed E-state index contributed by atoms with van der Waals surface area (Å²) in [7, 11) is 0. The second-order valence-electron chi connectivity index (χ2n) is 3.30. The van der Waals surface area contributed by atoms with Crippen LogP contribution in [0.3, 0.4) is 0 Å². The molecular formula is C11H12N2. The maximum absolute atomic E-state index is 4.35. The summed E-state index contributed by atoms with van der Waals surface area (Å²) in [6, 6.07) is 5.88. The first-order valence-corrected chi connectivity index (χ1v) is 4.52. The van der Waals surface area contributed by atoms with Gasteiger partial charge in [-0.15, -0.1) is 0 Å². The number of hydrogen-bond acceptors (Lipinski definition) is 2. The van der Waals surface area contributed by atoms with Crippen molar-refractivity contribution in [2.45, 2.75) is 13.3 Å².